The Hall–Kier alpha value is -2.64. The molecule has 3 N–H and O–H groups in total. The minimum absolute atomic E-state index is 0.0433. The van der Waals surface area contributed by atoms with Crippen molar-refractivity contribution >= 4 is 23.6 Å². The molecule has 0 heterocycles. The lowest BCUT2D eigenvalue weighted by molar-refractivity contribution is -0.137. The number of halogens is 1. The van der Waals surface area contributed by atoms with Gasteiger partial charge in [-0.2, -0.15) is 0 Å². The summed E-state index contributed by atoms with van der Waals surface area (Å²) in [6.45, 7) is 0.197. The number of urea groups is 1. The average molecular weight is 311 g/mol. The lowest BCUT2D eigenvalue weighted by Crippen LogP contribution is -2.30. The van der Waals surface area contributed by atoms with E-state index in [9.17, 15) is 18.8 Å². The molecule has 22 heavy (non-hydrogen) atoms. The van der Waals surface area contributed by atoms with Gasteiger partial charge in [-0.15, -0.1) is 0 Å². The van der Waals surface area contributed by atoms with Gasteiger partial charge in [0.25, 0.3) is 5.91 Å². The predicted molar refractivity (Wildman–Crippen MR) is 78.3 cm³/mol. The molecule has 0 aromatic heterocycles. The van der Waals surface area contributed by atoms with E-state index in [2.05, 4.69) is 10.6 Å². The van der Waals surface area contributed by atoms with Crippen LogP contribution in [0, 0.1) is 5.82 Å². The molecule has 1 aromatic rings. The number of anilines is 1. The number of carbonyl (C=O) groups excluding carboxylic acids is 2. The number of hydrogen-bond acceptors (Lipinski definition) is 3. The summed E-state index contributed by atoms with van der Waals surface area (Å²) in [5.74, 6) is -2.12. The van der Waals surface area contributed by atoms with Crippen molar-refractivity contribution in [2.45, 2.75) is 12.8 Å². The van der Waals surface area contributed by atoms with Gasteiger partial charge in [0.1, 0.15) is 5.82 Å². The molecule has 0 spiro atoms. The quantitative estimate of drug-likeness (QED) is 0.694. The number of amides is 3. The monoisotopic (exact) mass is 311 g/mol. The van der Waals surface area contributed by atoms with Crippen LogP contribution in [0.25, 0.3) is 0 Å². The van der Waals surface area contributed by atoms with Crippen molar-refractivity contribution in [1.82, 2.24) is 10.2 Å². The van der Waals surface area contributed by atoms with E-state index in [1.165, 1.54) is 31.1 Å². The van der Waals surface area contributed by atoms with Gasteiger partial charge in [0.2, 0.25) is 0 Å². The third-order valence-electron chi connectivity index (χ3n) is 2.71. The molecule has 1 aromatic carbocycles. The van der Waals surface area contributed by atoms with Gasteiger partial charge in [0.05, 0.1) is 5.56 Å². The first kappa shape index (κ1) is 17.4. The van der Waals surface area contributed by atoms with Gasteiger partial charge in [0, 0.05) is 32.7 Å². The Morgan fingerprint density at radius 3 is 2.55 bits per heavy atom. The van der Waals surface area contributed by atoms with Crippen molar-refractivity contribution in [2.24, 2.45) is 0 Å². The highest BCUT2D eigenvalue weighted by Crippen LogP contribution is 2.16. The number of nitrogens with one attached hydrogen (secondary N) is 2. The molecule has 0 aliphatic carbocycles. The van der Waals surface area contributed by atoms with Gasteiger partial charge in [-0.25, -0.2) is 9.18 Å². The molecular formula is C14H18FN3O4. The molecule has 0 bridgehead atoms. The van der Waals surface area contributed by atoms with Crippen molar-refractivity contribution in [3.05, 3.63) is 29.6 Å². The Morgan fingerprint density at radius 2 is 1.95 bits per heavy atom. The fourth-order valence-corrected chi connectivity index (χ4v) is 1.62. The molecule has 8 heteroatoms. The molecule has 0 saturated heterocycles. The highest BCUT2D eigenvalue weighted by atomic mass is 19.1. The Morgan fingerprint density at radius 1 is 1.27 bits per heavy atom. The first-order valence-electron chi connectivity index (χ1n) is 6.59. The molecule has 0 radical (unpaired) electrons. The third kappa shape index (κ3) is 5.39. The van der Waals surface area contributed by atoms with E-state index in [-0.39, 0.29) is 24.2 Å². The lowest BCUT2D eigenvalue weighted by Gasteiger charge is -2.13. The molecule has 0 aliphatic heterocycles. The van der Waals surface area contributed by atoms with Crippen LogP contribution in [-0.4, -0.2) is 48.6 Å². The summed E-state index contributed by atoms with van der Waals surface area (Å²) in [7, 11) is 2.99. The van der Waals surface area contributed by atoms with Crippen molar-refractivity contribution in [3.63, 3.8) is 0 Å². The summed E-state index contributed by atoms with van der Waals surface area (Å²) in [4.78, 5) is 34.9. The second-order valence-electron chi connectivity index (χ2n) is 4.77. The Kier molecular flexibility index (Phi) is 6.30. The SMILES string of the molecule is CN(C)C(=O)c1cc(NC(=O)NCCCC(=O)O)ccc1F. The summed E-state index contributed by atoms with van der Waals surface area (Å²) in [5.41, 5.74) is 0.121. The van der Waals surface area contributed by atoms with E-state index >= 15 is 0 Å². The first-order valence-corrected chi connectivity index (χ1v) is 6.59. The molecule has 7 nitrogen and oxygen atoms in total. The summed E-state index contributed by atoms with van der Waals surface area (Å²) in [6.07, 6.45) is 0.259. The minimum atomic E-state index is -0.937. The van der Waals surface area contributed by atoms with E-state index in [0.717, 1.165) is 6.07 Å². The molecule has 1 rings (SSSR count). The van der Waals surface area contributed by atoms with Crippen molar-refractivity contribution < 1.29 is 23.9 Å². The molecule has 120 valence electrons. The van der Waals surface area contributed by atoms with E-state index in [1.54, 1.807) is 0 Å². The fraction of sp³-hybridized carbons (Fsp3) is 0.357. The van der Waals surface area contributed by atoms with Crippen LogP contribution in [-0.2, 0) is 4.79 Å². The maximum Gasteiger partial charge on any atom is 0.319 e. The van der Waals surface area contributed by atoms with Crippen LogP contribution in [0.1, 0.15) is 23.2 Å². The van der Waals surface area contributed by atoms with Crippen LogP contribution in [0.3, 0.4) is 0 Å². The maximum atomic E-state index is 13.6. The van der Waals surface area contributed by atoms with E-state index in [4.69, 9.17) is 5.11 Å². The summed E-state index contributed by atoms with van der Waals surface area (Å²) >= 11 is 0. The third-order valence-corrected chi connectivity index (χ3v) is 2.71. The fourth-order valence-electron chi connectivity index (χ4n) is 1.62. The maximum absolute atomic E-state index is 13.6. The van der Waals surface area contributed by atoms with Crippen LogP contribution in [0.2, 0.25) is 0 Å². The van der Waals surface area contributed by atoms with Gasteiger partial charge < -0.3 is 20.6 Å². The molecule has 0 fully saturated rings. The van der Waals surface area contributed by atoms with E-state index in [0.29, 0.717) is 6.42 Å². The van der Waals surface area contributed by atoms with E-state index in [1.807, 2.05) is 0 Å². The molecule has 3 amide bonds. The highest BCUT2D eigenvalue weighted by Gasteiger charge is 2.15. The minimum Gasteiger partial charge on any atom is -0.481 e. The van der Waals surface area contributed by atoms with Gasteiger partial charge in [-0.1, -0.05) is 0 Å². The van der Waals surface area contributed by atoms with Crippen molar-refractivity contribution in [1.29, 1.82) is 0 Å². The standard InChI is InChI=1S/C14H18FN3O4/c1-18(2)13(21)10-8-9(5-6-11(10)15)17-14(22)16-7-3-4-12(19)20/h5-6,8H,3-4,7H2,1-2H3,(H,19,20)(H2,16,17,22). The Bertz CT molecular complexity index is 575. The smallest absolute Gasteiger partial charge is 0.319 e. The number of carboxylic acids is 1. The number of benzene rings is 1. The second kappa shape index (κ2) is 7.96. The first-order chi connectivity index (χ1) is 10.3. The van der Waals surface area contributed by atoms with Gasteiger partial charge in [0.15, 0.2) is 0 Å². The van der Waals surface area contributed by atoms with Crippen LogP contribution in [0.4, 0.5) is 14.9 Å². The number of rotatable bonds is 6. The van der Waals surface area contributed by atoms with Crippen LogP contribution in [0.15, 0.2) is 18.2 Å². The number of carboxylic acid groups (broad SMARTS) is 1. The Balaban J connectivity index is 2.62. The van der Waals surface area contributed by atoms with Crippen molar-refractivity contribution in [3.8, 4) is 0 Å². The number of hydrogen-bond donors (Lipinski definition) is 3. The van der Waals surface area contributed by atoms with Gasteiger partial charge >= 0.3 is 12.0 Å². The Labute approximate surface area is 127 Å². The zero-order valence-corrected chi connectivity index (χ0v) is 12.4. The predicted octanol–water partition coefficient (Wildman–Crippen LogP) is 1.51. The largest absolute Gasteiger partial charge is 0.481 e. The number of nitrogens with zero attached hydrogens (tertiary/aromatic N) is 1. The highest BCUT2D eigenvalue weighted by molar-refractivity contribution is 5.96. The van der Waals surface area contributed by atoms with Gasteiger partial charge in [-0.05, 0) is 24.6 Å². The van der Waals surface area contributed by atoms with E-state index < -0.39 is 23.7 Å². The summed E-state index contributed by atoms with van der Waals surface area (Å²) in [6, 6.07) is 3.12. The molecule has 0 atom stereocenters. The number of carbonyl (C=O) groups is 3. The topological polar surface area (TPSA) is 98.7 Å². The summed E-state index contributed by atoms with van der Waals surface area (Å²) in [5, 5.41) is 13.4. The molecule has 0 unspecified atom stereocenters. The molecule has 0 aliphatic rings. The van der Waals surface area contributed by atoms with Crippen LogP contribution in [0.5, 0.6) is 0 Å². The normalized spacial score (nSPS) is 9.95. The van der Waals surface area contributed by atoms with Crippen LogP contribution >= 0.6 is 0 Å². The zero-order valence-electron chi connectivity index (χ0n) is 12.4. The average Bonchev–Trinajstić information content (AvgIpc) is 2.44. The summed E-state index contributed by atoms with van der Waals surface area (Å²) < 4.78 is 13.6. The zero-order chi connectivity index (χ0) is 16.7. The second-order valence-corrected chi connectivity index (χ2v) is 4.77. The molecule has 0 saturated carbocycles. The molecular weight excluding hydrogens is 293 g/mol. The number of aliphatic carboxylic acids is 1. The lowest BCUT2D eigenvalue weighted by atomic mass is 10.1. The van der Waals surface area contributed by atoms with Crippen LogP contribution < -0.4 is 10.6 Å². The van der Waals surface area contributed by atoms with Gasteiger partial charge in [-0.3, -0.25) is 9.59 Å². The van der Waals surface area contributed by atoms with Crippen molar-refractivity contribution in [2.75, 3.05) is 26.0 Å².